The van der Waals surface area contributed by atoms with Gasteiger partial charge in [0.1, 0.15) is 13.2 Å². The van der Waals surface area contributed by atoms with Crippen LogP contribution in [0.4, 0.5) is 0 Å². The van der Waals surface area contributed by atoms with E-state index in [1.54, 1.807) is 0 Å². The Labute approximate surface area is 366 Å². The molecule has 6 nitrogen and oxygen atoms in total. The predicted octanol–water partition coefficient (Wildman–Crippen LogP) is 16.8. The molecule has 0 bridgehead atoms. The quantitative estimate of drug-likeness (QED) is 0.0263. The molecule has 0 aliphatic carbocycles. The highest BCUT2D eigenvalue weighted by atomic mass is 16.6. The molecular formula is C53H98O6. The monoisotopic (exact) mass is 831 g/mol. The molecule has 0 spiro atoms. The van der Waals surface area contributed by atoms with Crippen LogP contribution in [0, 0.1) is 0 Å². The van der Waals surface area contributed by atoms with Gasteiger partial charge in [-0.15, -0.1) is 0 Å². The molecule has 0 aliphatic heterocycles. The number of esters is 3. The molecule has 0 saturated heterocycles. The number of hydrogen-bond acceptors (Lipinski definition) is 6. The van der Waals surface area contributed by atoms with Gasteiger partial charge in [-0.05, 0) is 70.6 Å². The second-order valence-electron chi connectivity index (χ2n) is 17.4. The van der Waals surface area contributed by atoms with Crippen LogP contribution in [-0.4, -0.2) is 37.2 Å². The smallest absolute Gasteiger partial charge is 0.306 e. The van der Waals surface area contributed by atoms with E-state index in [9.17, 15) is 14.4 Å². The summed E-state index contributed by atoms with van der Waals surface area (Å²) >= 11 is 0. The Hall–Kier alpha value is -2.11. The highest BCUT2D eigenvalue weighted by Gasteiger charge is 2.19. The van der Waals surface area contributed by atoms with Crippen LogP contribution >= 0.6 is 0 Å². The molecule has 0 aromatic carbocycles. The number of unbranched alkanes of at least 4 members (excludes halogenated alkanes) is 32. The molecule has 0 rings (SSSR count). The van der Waals surface area contributed by atoms with E-state index in [0.717, 1.165) is 70.6 Å². The maximum Gasteiger partial charge on any atom is 0.306 e. The zero-order valence-corrected chi connectivity index (χ0v) is 39.5. The molecule has 0 N–H and O–H groups in total. The van der Waals surface area contributed by atoms with Crippen LogP contribution in [0.25, 0.3) is 0 Å². The predicted molar refractivity (Wildman–Crippen MR) is 252 cm³/mol. The van der Waals surface area contributed by atoms with Gasteiger partial charge < -0.3 is 14.2 Å². The summed E-state index contributed by atoms with van der Waals surface area (Å²) in [6.45, 7) is 6.62. The van der Waals surface area contributed by atoms with E-state index in [1.165, 1.54) is 167 Å². The van der Waals surface area contributed by atoms with Crippen LogP contribution in [0.15, 0.2) is 24.3 Å². The summed E-state index contributed by atoms with van der Waals surface area (Å²) in [7, 11) is 0. The number of ether oxygens (including phenoxy) is 3. The molecule has 0 radical (unpaired) electrons. The summed E-state index contributed by atoms with van der Waals surface area (Å²) in [6, 6.07) is 0. The number of carbonyl (C=O) groups excluding carboxylic acids is 3. The molecule has 0 aliphatic rings. The highest BCUT2D eigenvalue weighted by Crippen LogP contribution is 2.15. The van der Waals surface area contributed by atoms with E-state index in [-0.39, 0.29) is 31.1 Å². The lowest BCUT2D eigenvalue weighted by Crippen LogP contribution is -2.30. The molecule has 1 unspecified atom stereocenters. The first kappa shape index (κ1) is 56.9. The molecular weight excluding hydrogens is 733 g/mol. The molecule has 6 heteroatoms. The fraction of sp³-hybridized carbons (Fsp3) is 0.868. The van der Waals surface area contributed by atoms with Crippen molar-refractivity contribution in [2.45, 2.75) is 284 Å². The summed E-state index contributed by atoms with van der Waals surface area (Å²) in [5.74, 6) is -0.880. The van der Waals surface area contributed by atoms with Gasteiger partial charge in [0.2, 0.25) is 0 Å². The SMILES string of the molecule is CCCCCC/C=C\CCCCCCCC(=O)OC(COC(=O)CCCCCCC/C=C\CCCCCCCCC)COC(=O)CCCCCCCCCCCCCC. The van der Waals surface area contributed by atoms with Gasteiger partial charge in [-0.2, -0.15) is 0 Å². The number of rotatable bonds is 47. The van der Waals surface area contributed by atoms with Gasteiger partial charge in [0.15, 0.2) is 6.10 Å². The number of allylic oxidation sites excluding steroid dienone is 4. The lowest BCUT2D eigenvalue weighted by atomic mass is 10.0. The minimum atomic E-state index is -0.773. The number of hydrogen-bond donors (Lipinski definition) is 0. The van der Waals surface area contributed by atoms with Gasteiger partial charge in [0, 0.05) is 19.3 Å². The average Bonchev–Trinajstić information content (AvgIpc) is 3.23. The topological polar surface area (TPSA) is 78.9 Å². The molecule has 346 valence electrons. The Morgan fingerprint density at radius 3 is 0.864 bits per heavy atom. The Kier molecular flexibility index (Phi) is 46.8. The van der Waals surface area contributed by atoms with Crippen molar-refractivity contribution in [2.24, 2.45) is 0 Å². The Balaban J connectivity index is 4.35. The Morgan fingerprint density at radius 2 is 0.559 bits per heavy atom. The second-order valence-corrected chi connectivity index (χ2v) is 17.4. The summed E-state index contributed by atoms with van der Waals surface area (Å²) in [4.78, 5) is 37.9. The molecule has 59 heavy (non-hydrogen) atoms. The summed E-state index contributed by atoms with van der Waals surface area (Å²) in [5, 5.41) is 0. The highest BCUT2D eigenvalue weighted by molar-refractivity contribution is 5.71. The third-order valence-corrected chi connectivity index (χ3v) is 11.4. The van der Waals surface area contributed by atoms with Crippen LogP contribution < -0.4 is 0 Å². The second kappa shape index (κ2) is 48.6. The van der Waals surface area contributed by atoms with Crippen LogP contribution in [0.1, 0.15) is 278 Å². The third kappa shape index (κ3) is 46.8. The maximum atomic E-state index is 12.8. The molecule has 0 fully saturated rings. The van der Waals surface area contributed by atoms with Gasteiger partial charge >= 0.3 is 17.9 Å². The van der Waals surface area contributed by atoms with Gasteiger partial charge in [-0.25, -0.2) is 0 Å². The molecule has 0 saturated carbocycles. The van der Waals surface area contributed by atoms with Crippen molar-refractivity contribution in [2.75, 3.05) is 13.2 Å². The van der Waals surface area contributed by atoms with Crippen molar-refractivity contribution >= 4 is 17.9 Å². The van der Waals surface area contributed by atoms with Crippen LogP contribution in [-0.2, 0) is 28.6 Å². The molecule has 1 atom stereocenters. The first-order chi connectivity index (χ1) is 29.0. The minimum absolute atomic E-state index is 0.0737. The summed E-state index contributed by atoms with van der Waals surface area (Å²) in [6.07, 6.45) is 54.4. The zero-order valence-electron chi connectivity index (χ0n) is 39.5. The fourth-order valence-electron chi connectivity index (χ4n) is 7.49. The molecule has 0 aromatic rings. The van der Waals surface area contributed by atoms with E-state index in [2.05, 4.69) is 45.1 Å². The average molecular weight is 831 g/mol. The van der Waals surface area contributed by atoms with Crippen molar-refractivity contribution in [3.05, 3.63) is 24.3 Å². The van der Waals surface area contributed by atoms with E-state index < -0.39 is 6.10 Å². The van der Waals surface area contributed by atoms with Gasteiger partial charge in [0.25, 0.3) is 0 Å². The summed E-state index contributed by atoms with van der Waals surface area (Å²) < 4.78 is 16.8. The normalized spacial score (nSPS) is 12.1. The van der Waals surface area contributed by atoms with Crippen molar-refractivity contribution in [1.82, 2.24) is 0 Å². The maximum absolute atomic E-state index is 12.8. The fourth-order valence-corrected chi connectivity index (χ4v) is 7.49. The van der Waals surface area contributed by atoms with E-state index in [1.807, 2.05) is 0 Å². The first-order valence-corrected chi connectivity index (χ1v) is 25.8. The van der Waals surface area contributed by atoms with Crippen LogP contribution in [0.5, 0.6) is 0 Å². The van der Waals surface area contributed by atoms with E-state index in [0.29, 0.717) is 19.3 Å². The first-order valence-electron chi connectivity index (χ1n) is 25.8. The van der Waals surface area contributed by atoms with Gasteiger partial charge in [0.05, 0.1) is 0 Å². The lowest BCUT2D eigenvalue weighted by molar-refractivity contribution is -0.167. The van der Waals surface area contributed by atoms with Crippen LogP contribution in [0.3, 0.4) is 0 Å². The van der Waals surface area contributed by atoms with Crippen molar-refractivity contribution < 1.29 is 28.6 Å². The van der Waals surface area contributed by atoms with E-state index in [4.69, 9.17) is 14.2 Å². The Bertz CT molecular complexity index is 958. The largest absolute Gasteiger partial charge is 0.462 e. The van der Waals surface area contributed by atoms with Crippen molar-refractivity contribution in [3.63, 3.8) is 0 Å². The van der Waals surface area contributed by atoms with Gasteiger partial charge in [-0.3, -0.25) is 14.4 Å². The Morgan fingerprint density at radius 1 is 0.322 bits per heavy atom. The minimum Gasteiger partial charge on any atom is -0.462 e. The van der Waals surface area contributed by atoms with Crippen molar-refractivity contribution in [3.8, 4) is 0 Å². The standard InChI is InChI=1S/C53H98O6/c1-4-7-10-13-16-19-22-25-26-27-29-31-34-37-40-43-46-52(55)58-49-50(48-57-51(54)45-42-39-36-33-30-24-21-18-15-12-9-6-3)59-53(56)47-44-41-38-35-32-28-23-20-17-14-11-8-5-2/h20,23,26-27,50H,4-19,21-22,24-25,28-49H2,1-3H3/b23-20-,27-26-. The molecule has 0 heterocycles. The third-order valence-electron chi connectivity index (χ3n) is 11.4. The number of carbonyl (C=O) groups is 3. The van der Waals surface area contributed by atoms with Crippen LogP contribution in [0.2, 0.25) is 0 Å². The zero-order chi connectivity index (χ0) is 43.0. The van der Waals surface area contributed by atoms with Gasteiger partial charge in [-0.1, -0.05) is 212 Å². The molecule has 0 aromatic heterocycles. The van der Waals surface area contributed by atoms with Crippen molar-refractivity contribution in [1.29, 1.82) is 0 Å². The summed E-state index contributed by atoms with van der Waals surface area (Å²) in [5.41, 5.74) is 0. The van der Waals surface area contributed by atoms with E-state index >= 15 is 0 Å². The molecule has 0 amide bonds. The lowest BCUT2D eigenvalue weighted by Gasteiger charge is -2.18.